The van der Waals surface area contributed by atoms with Crippen LogP contribution in [0.3, 0.4) is 0 Å². The van der Waals surface area contributed by atoms with Gasteiger partial charge in [0, 0.05) is 18.2 Å². The van der Waals surface area contributed by atoms with Gasteiger partial charge in [0.1, 0.15) is 0 Å². The maximum Gasteiger partial charge on any atom is 0.432 e. The van der Waals surface area contributed by atoms with Crippen molar-refractivity contribution in [2.75, 3.05) is 0 Å². The molecule has 0 atom stereocenters. The molecule has 0 radical (unpaired) electrons. The summed E-state index contributed by atoms with van der Waals surface area (Å²) in [6.07, 6.45) is 2.31. The van der Waals surface area contributed by atoms with Crippen LogP contribution in [-0.4, -0.2) is 27.1 Å². The maximum atomic E-state index is 11.2. The molecule has 82 valence electrons. The third-order valence-corrected chi connectivity index (χ3v) is 2.40. The van der Waals surface area contributed by atoms with Gasteiger partial charge in [-0.3, -0.25) is 0 Å². The Balaban J connectivity index is 1.93. The number of carbonyl (C=O) groups excluding carboxylic acids is 1. The molecule has 1 heterocycles. The highest BCUT2D eigenvalue weighted by atomic mass is 16.7. The van der Waals surface area contributed by atoms with Crippen molar-refractivity contribution in [3.63, 3.8) is 0 Å². The zero-order valence-corrected chi connectivity index (χ0v) is 8.01. The second kappa shape index (κ2) is 3.72. The molecule has 0 unspecified atom stereocenters. The number of nitrogens with zero attached hydrogens (tertiary/aromatic N) is 1. The molecule has 1 fully saturated rings. The fraction of sp³-hybridized carbons (Fsp3) is 0.444. The summed E-state index contributed by atoms with van der Waals surface area (Å²) in [5, 5.41) is 21.0. The van der Waals surface area contributed by atoms with Gasteiger partial charge in [0.2, 0.25) is 11.8 Å². The fourth-order valence-corrected chi connectivity index (χ4v) is 1.32. The highest BCUT2D eigenvalue weighted by Gasteiger charge is 2.21. The number of aromatic nitrogens is 1. The van der Waals surface area contributed by atoms with Crippen molar-refractivity contribution in [1.82, 2.24) is 10.0 Å². The van der Waals surface area contributed by atoms with Crippen molar-refractivity contribution >= 4 is 6.09 Å². The van der Waals surface area contributed by atoms with E-state index in [0.29, 0.717) is 4.73 Å². The third-order valence-electron chi connectivity index (χ3n) is 2.40. The molecule has 0 bridgehead atoms. The number of aromatic hydroxyl groups is 2. The Labute approximate surface area is 86.0 Å². The molecule has 1 saturated carbocycles. The van der Waals surface area contributed by atoms with Crippen molar-refractivity contribution < 1.29 is 19.8 Å². The summed E-state index contributed by atoms with van der Waals surface area (Å²) in [4.78, 5) is 15.9. The van der Waals surface area contributed by atoms with E-state index in [-0.39, 0.29) is 17.8 Å². The summed E-state index contributed by atoms with van der Waals surface area (Å²) in [6, 6.07) is 2.61. The molecule has 0 spiro atoms. The van der Waals surface area contributed by atoms with Gasteiger partial charge >= 0.3 is 6.09 Å². The topological polar surface area (TPSA) is 83.7 Å². The zero-order chi connectivity index (χ0) is 10.8. The Hall–Kier alpha value is -1.85. The highest BCUT2D eigenvalue weighted by molar-refractivity contribution is 5.68. The van der Waals surface area contributed by atoms with Gasteiger partial charge in [-0.05, 0) is 19.3 Å². The average molecular weight is 212 g/mol. The lowest BCUT2D eigenvalue weighted by atomic mass is 9.93. The van der Waals surface area contributed by atoms with Crippen LogP contribution in [0.25, 0.3) is 0 Å². The number of rotatable bonds is 2. The minimum absolute atomic E-state index is 0.150. The molecule has 1 aromatic heterocycles. The minimum atomic E-state index is -0.679. The lowest BCUT2D eigenvalue weighted by molar-refractivity contribution is 0.102. The molecule has 0 saturated heterocycles. The second-order valence-corrected chi connectivity index (χ2v) is 3.50. The summed E-state index contributed by atoms with van der Waals surface area (Å²) in [5.74, 6) is -0.646. The fourth-order valence-electron chi connectivity index (χ4n) is 1.32. The van der Waals surface area contributed by atoms with Crippen molar-refractivity contribution in [2.45, 2.75) is 25.3 Å². The molecule has 2 rings (SSSR count). The van der Waals surface area contributed by atoms with Gasteiger partial charge < -0.3 is 20.4 Å². The van der Waals surface area contributed by atoms with Crippen molar-refractivity contribution in [3.05, 3.63) is 12.1 Å². The van der Waals surface area contributed by atoms with Crippen LogP contribution in [0.2, 0.25) is 0 Å². The Morgan fingerprint density at radius 2 is 2.00 bits per heavy atom. The molecule has 1 aliphatic carbocycles. The molecule has 1 amide bonds. The molecule has 6 nitrogen and oxygen atoms in total. The monoisotopic (exact) mass is 212 g/mol. The van der Waals surface area contributed by atoms with Crippen LogP contribution in [0.1, 0.15) is 19.3 Å². The SMILES string of the molecule is O=C(NC1CCC1)On1c(O)ccc1O. The Morgan fingerprint density at radius 3 is 2.47 bits per heavy atom. The molecular weight excluding hydrogens is 200 g/mol. The number of amides is 1. The number of hydrogen-bond acceptors (Lipinski definition) is 4. The van der Waals surface area contributed by atoms with Crippen LogP contribution in [-0.2, 0) is 0 Å². The Kier molecular flexibility index (Phi) is 2.40. The molecule has 3 N–H and O–H groups in total. The summed E-state index contributed by atoms with van der Waals surface area (Å²) in [7, 11) is 0. The highest BCUT2D eigenvalue weighted by Crippen LogP contribution is 2.20. The van der Waals surface area contributed by atoms with Gasteiger partial charge in [-0.15, -0.1) is 4.73 Å². The van der Waals surface area contributed by atoms with Crippen LogP contribution in [0.4, 0.5) is 4.79 Å². The summed E-state index contributed by atoms with van der Waals surface area (Å²) in [6.45, 7) is 0. The summed E-state index contributed by atoms with van der Waals surface area (Å²) in [5.41, 5.74) is 0. The average Bonchev–Trinajstić information content (AvgIpc) is 2.43. The molecule has 1 aromatic rings. The minimum Gasteiger partial charge on any atom is -0.492 e. The van der Waals surface area contributed by atoms with Crippen LogP contribution >= 0.6 is 0 Å². The smallest absolute Gasteiger partial charge is 0.432 e. The predicted octanol–water partition coefficient (Wildman–Crippen LogP) is 0.590. The quantitative estimate of drug-likeness (QED) is 0.670. The van der Waals surface area contributed by atoms with E-state index in [4.69, 9.17) is 0 Å². The van der Waals surface area contributed by atoms with Gasteiger partial charge in [-0.2, -0.15) is 0 Å². The first-order valence-electron chi connectivity index (χ1n) is 4.75. The van der Waals surface area contributed by atoms with Gasteiger partial charge in [0.25, 0.3) is 0 Å². The van der Waals surface area contributed by atoms with E-state index in [2.05, 4.69) is 10.2 Å². The van der Waals surface area contributed by atoms with Gasteiger partial charge in [-0.1, -0.05) is 0 Å². The Bertz CT molecular complexity index is 351. The van der Waals surface area contributed by atoms with E-state index in [1.54, 1.807) is 0 Å². The van der Waals surface area contributed by atoms with E-state index < -0.39 is 6.09 Å². The van der Waals surface area contributed by atoms with Crippen molar-refractivity contribution in [2.24, 2.45) is 0 Å². The Morgan fingerprint density at radius 1 is 1.40 bits per heavy atom. The molecular formula is C9H12N2O4. The molecule has 0 aromatic carbocycles. The van der Waals surface area contributed by atoms with Gasteiger partial charge in [0.05, 0.1) is 0 Å². The van der Waals surface area contributed by atoms with Gasteiger partial charge in [-0.25, -0.2) is 4.79 Å². The van der Waals surface area contributed by atoms with Crippen LogP contribution in [0.5, 0.6) is 11.8 Å². The molecule has 1 aliphatic rings. The van der Waals surface area contributed by atoms with Crippen LogP contribution < -0.4 is 10.2 Å². The van der Waals surface area contributed by atoms with E-state index in [1.165, 1.54) is 12.1 Å². The lowest BCUT2D eigenvalue weighted by Gasteiger charge is -2.25. The molecule has 6 heteroatoms. The first-order valence-corrected chi connectivity index (χ1v) is 4.75. The number of carbonyl (C=O) groups is 1. The van der Waals surface area contributed by atoms with E-state index >= 15 is 0 Å². The molecule has 0 aliphatic heterocycles. The first kappa shape index (κ1) is 9.70. The zero-order valence-electron chi connectivity index (χ0n) is 8.01. The van der Waals surface area contributed by atoms with Crippen molar-refractivity contribution in [3.8, 4) is 11.8 Å². The largest absolute Gasteiger partial charge is 0.492 e. The molecule has 15 heavy (non-hydrogen) atoms. The maximum absolute atomic E-state index is 11.2. The van der Waals surface area contributed by atoms with E-state index in [1.807, 2.05) is 0 Å². The number of hydrogen-bond donors (Lipinski definition) is 3. The van der Waals surface area contributed by atoms with Crippen molar-refractivity contribution in [1.29, 1.82) is 0 Å². The standard InChI is InChI=1S/C9H12N2O4/c12-7-4-5-8(13)11(7)15-9(14)10-6-2-1-3-6/h4-6,12-13H,1-3H2,(H,10,14). The second-order valence-electron chi connectivity index (χ2n) is 3.50. The summed E-state index contributed by atoms with van der Waals surface area (Å²) < 4.78 is 0.661. The first-order chi connectivity index (χ1) is 7.16. The number of nitrogens with one attached hydrogen (secondary N) is 1. The third kappa shape index (κ3) is 1.98. The summed E-state index contributed by atoms with van der Waals surface area (Å²) >= 11 is 0. The van der Waals surface area contributed by atoms with Crippen LogP contribution in [0.15, 0.2) is 12.1 Å². The lowest BCUT2D eigenvalue weighted by Crippen LogP contribution is -2.42. The predicted molar refractivity (Wildman–Crippen MR) is 50.5 cm³/mol. The normalized spacial score (nSPS) is 15.7. The van der Waals surface area contributed by atoms with Gasteiger partial charge in [0.15, 0.2) is 0 Å². The van der Waals surface area contributed by atoms with Crippen LogP contribution in [0, 0.1) is 0 Å². The van der Waals surface area contributed by atoms with E-state index in [0.717, 1.165) is 19.3 Å². The van der Waals surface area contributed by atoms with E-state index in [9.17, 15) is 15.0 Å².